The Balaban J connectivity index is 1.91. The molecule has 0 aliphatic heterocycles. The van der Waals surface area contributed by atoms with Crippen LogP contribution in [0.4, 0.5) is 0 Å². The molecule has 0 aliphatic rings. The summed E-state index contributed by atoms with van der Waals surface area (Å²) in [6.45, 7) is 2.84. The van der Waals surface area contributed by atoms with Gasteiger partial charge >= 0.3 is 5.97 Å². The molecule has 7 nitrogen and oxygen atoms in total. The lowest BCUT2D eigenvalue weighted by molar-refractivity contribution is -0.137. The van der Waals surface area contributed by atoms with Crippen LogP contribution in [0.2, 0.25) is 0 Å². The Morgan fingerprint density at radius 3 is 2.59 bits per heavy atom. The number of amides is 1. The Morgan fingerprint density at radius 1 is 1.14 bits per heavy atom. The van der Waals surface area contributed by atoms with E-state index in [9.17, 15) is 19.5 Å². The van der Waals surface area contributed by atoms with Crippen molar-refractivity contribution in [3.63, 3.8) is 0 Å². The number of nitrogens with zero attached hydrogens (tertiary/aromatic N) is 3. The molecule has 3 rings (SSSR count). The van der Waals surface area contributed by atoms with Crippen LogP contribution in [0.5, 0.6) is 0 Å². The number of thiazole rings is 1. The number of hydrogen-bond donors (Lipinski definition) is 1. The molecule has 3 aromatic rings. The first-order valence-corrected chi connectivity index (χ1v) is 9.66. The molecule has 0 radical (unpaired) electrons. The largest absolute Gasteiger partial charge is 0.480 e. The van der Waals surface area contributed by atoms with Crippen molar-refractivity contribution in [3.8, 4) is 10.6 Å². The topological polar surface area (TPSA) is 100 Å². The fourth-order valence-corrected chi connectivity index (χ4v) is 3.81. The van der Waals surface area contributed by atoms with E-state index in [1.807, 2.05) is 6.07 Å². The van der Waals surface area contributed by atoms with E-state index in [0.717, 1.165) is 5.56 Å². The van der Waals surface area contributed by atoms with Crippen molar-refractivity contribution in [1.29, 1.82) is 0 Å². The van der Waals surface area contributed by atoms with Crippen LogP contribution in [0.1, 0.15) is 38.3 Å². The molecule has 1 amide bonds. The van der Waals surface area contributed by atoms with Crippen LogP contribution < -0.4 is 0 Å². The number of ketones is 1. The summed E-state index contributed by atoms with van der Waals surface area (Å²) in [5, 5.41) is 9.83. The van der Waals surface area contributed by atoms with Gasteiger partial charge in [0.2, 0.25) is 0 Å². The number of aliphatic carboxylic acids is 1. The molecule has 29 heavy (non-hydrogen) atoms. The van der Waals surface area contributed by atoms with E-state index in [1.165, 1.54) is 23.2 Å². The number of rotatable bonds is 7. The van der Waals surface area contributed by atoms with Crippen molar-refractivity contribution < 1.29 is 19.5 Å². The van der Waals surface area contributed by atoms with Crippen molar-refractivity contribution in [3.05, 3.63) is 70.5 Å². The first-order valence-electron chi connectivity index (χ1n) is 8.85. The number of aromatic nitrogens is 2. The number of carboxylic acids is 1. The summed E-state index contributed by atoms with van der Waals surface area (Å²) >= 11 is 1.18. The minimum atomic E-state index is -1.11. The van der Waals surface area contributed by atoms with Gasteiger partial charge in [-0.3, -0.25) is 19.4 Å². The highest BCUT2D eigenvalue weighted by Crippen LogP contribution is 2.29. The predicted molar refractivity (Wildman–Crippen MR) is 109 cm³/mol. The maximum Gasteiger partial charge on any atom is 0.323 e. The summed E-state index contributed by atoms with van der Waals surface area (Å²) in [6, 6.07) is 12.3. The van der Waals surface area contributed by atoms with Crippen LogP contribution in [-0.2, 0) is 11.3 Å². The van der Waals surface area contributed by atoms with Crippen LogP contribution in [0.3, 0.4) is 0 Å². The van der Waals surface area contributed by atoms with E-state index in [-0.39, 0.29) is 12.3 Å². The Labute approximate surface area is 171 Å². The molecule has 2 aromatic heterocycles. The van der Waals surface area contributed by atoms with Gasteiger partial charge in [-0.25, -0.2) is 4.98 Å². The monoisotopic (exact) mass is 409 g/mol. The van der Waals surface area contributed by atoms with Crippen molar-refractivity contribution in [2.24, 2.45) is 0 Å². The molecule has 0 saturated heterocycles. The van der Waals surface area contributed by atoms with Gasteiger partial charge < -0.3 is 10.0 Å². The normalized spacial score (nSPS) is 10.6. The minimum absolute atomic E-state index is 0.0561. The van der Waals surface area contributed by atoms with Gasteiger partial charge in [0.25, 0.3) is 5.91 Å². The van der Waals surface area contributed by atoms with E-state index >= 15 is 0 Å². The van der Waals surface area contributed by atoms with Gasteiger partial charge in [-0.1, -0.05) is 24.3 Å². The molecule has 1 aromatic carbocycles. The van der Waals surface area contributed by atoms with Crippen molar-refractivity contribution in [2.45, 2.75) is 20.4 Å². The molecule has 0 aliphatic carbocycles. The van der Waals surface area contributed by atoms with Crippen LogP contribution in [0.25, 0.3) is 10.6 Å². The van der Waals surface area contributed by atoms with Gasteiger partial charge in [0.1, 0.15) is 16.4 Å². The first kappa shape index (κ1) is 20.3. The second-order valence-electron chi connectivity index (χ2n) is 6.45. The summed E-state index contributed by atoms with van der Waals surface area (Å²) in [5.74, 6) is -1.58. The van der Waals surface area contributed by atoms with Gasteiger partial charge in [0.05, 0.1) is 17.9 Å². The number of carboxylic acid groups (broad SMARTS) is 1. The Bertz CT molecular complexity index is 1060. The van der Waals surface area contributed by atoms with Crippen molar-refractivity contribution in [1.82, 2.24) is 14.9 Å². The summed E-state index contributed by atoms with van der Waals surface area (Å²) in [4.78, 5) is 46.2. The van der Waals surface area contributed by atoms with Crippen LogP contribution in [0.15, 0.2) is 48.7 Å². The highest BCUT2D eigenvalue weighted by molar-refractivity contribution is 7.17. The van der Waals surface area contributed by atoms with Crippen LogP contribution >= 0.6 is 11.3 Å². The van der Waals surface area contributed by atoms with Crippen LogP contribution in [-0.4, -0.2) is 44.2 Å². The summed E-state index contributed by atoms with van der Waals surface area (Å²) in [5.41, 5.74) is 2.41. The number of hydrogen-bond acceptors (Lipinski definition) is 6. The lowest BCUT2D eigenvalue weighted by Gasteiger charge is -2.19. The zero-order valence-corrected chi connectivity index (χ0v) is 16.8. The van der Waals surface area contributed by atoms with Crippen LogP contribution in [0, 0.1) is 6.92 Å². The number of pyridine rings is 1. The molecule has 0 saturated carbocycles. The lowest BCUT2D eigenvalue weighted by atomic mass is 10.1. The molecule has 0 spiro atoms. The maximum atomic E-state index is 13.1. The summed E-state index contributed by atoms with van der Waals surface area (Å²) in [6.07, 6.45) is 1.59. The second-order valence-corrected chi connectivity index (χ2v) is 7.45. The highest BCUT2D eigenvalue weighted by Gasteiger charge is 2.24. The molecule has 0 bridgehead atoms. The smallest absolute Gasteiger partial charge is 0.323 e. The quantitative estimate of drug-likeness (QED) is 0.600. The van der Waals surface area contributed by atoms with Gasteiger partial charge in [0.15, 0.2) is 5.78 Å². The average molecular weight is 409 g/mol. The molecule has 8 heteroatoms. The SMILES string of the molecule is CC(=O)c1cccc(-c2nc(C)c(C(=O)N(CC(=O)O)Cc3ccccn3)s2)c1. The number of carbonyl (C=O) groups is 3. The number of benzene rings is 1. The zero-order chi connectivity index (χ0) is 21.0. The standard InChI is InChI=1S/C21H19N3O4S/c1-13-19(29-20(23-13)16-7-5-6-15(10-16)14(2)25)21(28)24(12-18(26)27)11-17-8-3-4-9-22-17/h3-10H,11-12H2,1-2H3,(H,26,27). The zero-order valence-electron chi connectivity index (χ0n) is 16.0. The Kier molecular flexibility index (Phi) is 6.13. The highest BCUT2D eigenvalue weighted by atomic mass is 32.1. The van der Waals surface area contributed by atoms with Gasteiger partial charge in [-0.05, 0) is 32.0 Å². The molecular weight excluding hydrogens is 390 g/mol. The average Bonchev–Trinajstić information content (AvgIpc) is 3.09. The third-order valence-electron chi connectivity index (χ3n) is 4.20. The number of aryl methyl sites for hydroxylation is 1. The fourth-order valence-electron chi connectivity index (χ4n) is 2.78. The van der Waals surface area contributed by atoms with Gasteiger partial charge in [-0.15, -0.1) is 11.3 Å². The molecule has 0 fully saturated rings. The van der Waals surface area contributed by atoms with Crippen molar-refractivity contribution in [2.75, 3.05) is 6.54 Å². The van der Waals surface area contributed by atoms with E-state index < -0.39 is 18.4 Å². The fraction of sp³-hybridized carbons (Fsp3) is 0.190. The number of carbonyl (C=O) groups excluding carboxylic acids is 2. The Morgan fingerprint density at radius 2 is 1.93 bits per heavy atom. The van der Waals surface area contributed by atoms with E-state index in [4.69, 9.17) is 0 Å². The molecule has 148 valence electrons. The summed E-state index contributed by atoms with van der Waals surface area (Å²) in [7, 11) is 0. The number of Topliss-reactive ketones (excluding diaryl/α,β-unsaturated/α-hetero) is 1. The third-order valence-corrected chi connectivity index (χ3v) is 5.39. The molecule has 0 unspecified atom stereocenters. The maximum absolute atomic E-state index is 13.1. The summed E-state index contributed by atoms with van der Waals surface area (Å²) < 4.78 is 0. The van der Waals surface area contributed by atoms with E-state index in [0.29, 0.717) is 26.8 Å². The molecular formula is C21H19N3O4S. The molecule has 2 heterocycles. The second kappa shape index (κ2) is 8.74. The van der Waals surface area contributed by atoms with E-state index in [1.54, 1.807) is 49.5 Å². The molecule has 0 atom stereocenters. The van der Waals surface area contributed by atoms with Gasteiger partial charge in [-0.2, -0.15) is 0 Å². The lowest BCUT2D eigenvalue weighted by Crippen LogP contribution is -2.35. The Hall–Kier alpha value is -3.39. The minimum Gasteiger partial charge on any atom is -0.480 e. The van der Waals surface area contributed by atoms with Crippen molar-refractivity contribution >= 4 is 29.0 Å². The molecule has 1 N–H and O–H groups in total. The first-order chi connectivity index (χ1) is 13.8. The van der Waals surface area contributed by atoms with E-state index in [2.05, 4.69) is 9.97 Å². The van der Waals surface area contributed by atoms with Gasteiger partial charge in [0, 0.05) is 17.3 Å². The predicted octanol–water partition coefficient (Wildman–Crippen LogP) is 3.44. The third kappa shape index (κ3) is 4.91.